The molecular weight excluding hydrogens is 268 g/mol. The molecule has 2 N–H and O–H groups in total. The van der Waals surface area contributed by atoms with Gasteiger partial charge in [0.15, 0.2) is 0 Å². The van der Waals surface area contributed by atoms with Crippen molar-refractivity contribution in [2.45, 2.75) is 45.4 Å². The van der Waals surface area contributed by atoms with Gasteiger partial charge in [0.05, 0.1) is 0 Å². The third-order valence-electron chi connectivity index (χ3n) is 5.15. The Hall–Kier alpha value is -1.10. The van der Waals surface area contributed by atoms with Crippen LogP contribution in [-0.4, -0.2) is 48.1 Å². The fraction of sp³-hybridized carbons (Fsp3) is 0.875. The normalized spacial score (nSPS) is 27.4. The van der Waals surface area contributed by atoms with Gasteiger partial charge < -0.3 is 15.3 Å². The second kappa shape index (κ2) is 7.78. The van der Waals surface area contributed by atoms with Crippen molar-refractivity contribution in [3.05, 3.63) is 0 Å². The van der Waals surface area contributed by atoms with Gasteiger partial charge >= 0.3 is 0 Å². The summed E-state index contributed by atoms with van der Waals surface area (Å²) in [4.78, 5) is 25.3. The van der Waals surface area contributed by atoms with E-state index in [-0.39, 0.29) is 24.3 Å². The van der Waals surface area contributed by atoms with E-state index in [1.165, 1.54) is 12.8 Å². The van der Waals surface area contributed by atoms with Crippen molar-refractivity contribution >= 4 is 11.8 Å². The van der Waals surface area contributed by atoms with Crippen molar-refractivity contribution in [1.29, 1.82) is 0 Å². The summed E-state index contributed by atoms with van der Waals surface area (Å²) < 4.78 is 0. The molecule has 2 amide bonds. The molecule has 1 aliphatic carbocycles. The molecule has 2 rings (SSSR count). The lowest BCUT2D eigenvalue weighted by molar-refractivity contribution is -0.134. The molecule has 21 heavy (non-hydrogen) atoms. The van der Waals surface area contributed by atoms with Crippen LogP contribution in [-0.2, 0) is 9.59 Å². The second-order valence-corrected chi connectivity index (χ2v) is 6.51. The molecule has 0 bridgehead atoms. The Bertz CT molecular complexity index is 365. The number of likely N-dealkylation sites (tertiary alicyclic amines) is 1. The monoisotopic (exact) mass is 296 g/mol. The maximum Gasteiger partial charge on any atom is 0.223 e. The van der Waals surface area contributed by atoms with Crippen LogP contribution < -0.4 is 5.32 Å². The van der Waals surface area contributed by atoms with E-state index in [1.54, 1.807) is 6.92 Å². The lowest BCUT2D eigenvalue weighted by Crippen LogP contribution is -2.44. The summed E-state index contributed by atoms with van der Waals surface area (Å²) in [5.41, 5.74) is 0. The van der Waals surface area contributed by atoms with E-state index in [9.17, 15) is 14.7 Å². The SMILES string of the molecule is CC(=O)N1CCC(C(=O)NCC2CCCCC2CO)CC1. The number of nitrogens with zero attached hydrogens (tertiary/aromatic N) is 1. The molecule has 0 radical (unpaired) electrons. The van der Waals surface area contributed by atoms with Gasteiger partial charge in [-0.3, -0.25) is 9.59 Å². The van der Waals surface area contributed by atoms with Crippen LogP contribution in [0, 0.1) is 17.8 Å². The summed E-state index contributed by atoms with van der Waals surface area (Å²) in [6, 6.07) is 0. The number of carbonyl (C=O) groups excluding carboxylic acids is 2. The highest BCUT2D eigenvalue weighted by Gasteiger charge is 2.28. The smallest absolute Gasteiger partial charge is 0.223 e. The first kappa shape index (κ1) is 16.3. The number of rotatable bonds is 4. The Balaban J connectivity index is 1.73. The summed E-state index contributed by atoms with van der Waals surface area (Å²) in [5.74, 6) is 1.03. The van der Waals surface area contributed by atoms with Gasteiger partial charge in [0, 0.05) is 39.1 Å². The van der Waals surface area contributed by atoms with Gasteiger partial charge in [0.2, 0.25) is 11.8 Å². The molecule has 2 fully saturated rings. The molecule has 2 unspecified atom stereocenters. The number of carbonyl (C=O) groups is 2. The van der Waals surface area contributed by atoms with Crippen molar-refractivity contribution in [3.8, 4) is 0 Å². The topological polar surface area (TPSA) is 69.6 Å². The number of amides is 2. The number of hydrogen-bond donors (Lipinski definition) is 2. The third kappa shape index (κ3) is 4.43. The maximum absolute atomic E-state index is 12.2. The zero-order valence-electron chi connectivity index (χ0n) is 13.0. The minimum Gasteiger partial charge on any atom is -0.396 e. The van der Waals surface area contributed by atoms with Gasteiger partial charge in [-0.05, 0) is 37.5 Å². The standard InChI is InChI=1S/C16H28N2O3/c1-12(20)18-8-6-13(7-9-18)16(21)17-10-14-4-2-3-5-15(14)11-19/h13-15,19H,2-11H2,1H3,(H,17,21). The predicted molar refractivity (Wildman–Crippen MR) is 80.5 cm³/mol. The van der Waals surface area contributed by atoms with Crippen LogP contribution in [0.3, 0.4) is 0 Å². The van der Waals surface area contributed by atoms with Gasteiger partial charge in [-0.25, -0.2) is 0 Å². The molecule has 0 spiro atoms. The Kier molecular flexibility index (Phi) is 6.03. The first-order valence-electron chi connectivity index (χ1n) is 8.26. The molecule has 5 heteroatoms. The lowest BCUT2D eigenvalue weighted by Gasteiger charge is -2.33. The molecule has 1 saturated carbocycles. The molecular formula is C16H28N2O3. The summed E-state index contributed by atoms with van der Waals surface area (Å²) in [7, 11) is 0. The molecule has 0 aromatic carbocycles. The van der Waals surface area contributed by atoms with E-state index >= 15 is 0 Å². The number of aliphatic hydroxyl groups is 1. The average molecular weight is 296 g/mol. The summed E-state index contributed by atoms with van der Waals surface area (Å²) in [6.07, 6.45) is 6.11. The van der Waals surface area contributed by atoms with E-state index in [1.807, 2.05) is 4.90 Å². The first-order chi connectivity index (χ1) is 10.1. The molecule has 120 valence electrons. The minimum absolute atomic E-state index is 0.0387. The predicted octanol–water partition coefficient (Wildman–Crippen LogP) is 1.16. The van der Waals surface area contributed by atoms with Crippen molar-refractivity contribution in [3.63, 3.8) is 0 Å². The van der Waals surface area contributed by atoms with E-state index in [2.05, 4.69) is 5.32 Å². The minimum atomic E-state index is 0.0387. The van der Waals surface area contributed by atoms with E-state index < -0.39 is 0 Å². The van der Waals surface area contributed by atoms with Crippen LogP contribution in [0.15, 0.2) is 0 Å². The van der Waals surface area contributed by atoms with E-state index in [0.717, 1.165) is 25.7 Å². The maximum atomic E-state index is 12.2. The summed E-state index contributed by atoms with van der Waals surface area (Å²) in [6.45, 7) is 3.89. The molecule has 2 aliphatic rings. The lowest BCUT2D eigenvalue weighted by atomic mass is 9.79. The fourth-order valence-electron chi connectivity index (χ4n) is 3.63. The summed E-state index contributed by atoms with van der Waals surface area (Å²) >= 11 is 0. The highest BCUT2D eigenvalue weighted by Crippen LogP contribution is 2.29. The Labute approximate surface area is 127 Å². The molecule has 0 aromatic rings. The van der Waals surface area contributed by atoms with Crippen molar-refractivity contribution < 1.29 is 14.7 Å². The number of hydrogen-bond acceptors (Lipinski definition) is 3. The zero-order chi connectivity index (χ0) is 15.2. The molecule has 0 aromatic heterocycles. The Morgan fingerprint density at radius 1 is 1.10 bits per heavy atom. The number of aliphatic hydroxyl groups excluding tert-OH is 1. The summed E-state index contributed by atoms with van der Waals surface area (Å²) in [5, 5.41) is 12.5. The number of piperidine rings is 1. The van der Waals surface area contributed by atoms with Crippen molar-refractivity contribution in [1.82, 2.24) is 10.2 Å². The highest BCUT2D eigenvalue weighted by atomic mass is 16.3. The van der Waals surface area contributed by atoms with Gasteiger partial charge in [0.1, 0.15) is 0 Å². The average Bonchev–Trinajstić information content (AvgIpc) is 2.52. The largest absolute Gasteiger partial charge is 0.396 e. The highest BCUT2D eigenvalue weighted by molar-refractivity contribution is 5.79. The Morgan fingerprint density at radius 3 is 2.29 bits per heavy atom. The third-order valence-corrected chi connectivity index (χ3v) is 5.15. The van der Waals surface area contributed by atoms with Crippen LogP contribution in [0.2, 0.25) is 0 Å². The fourth-order valence-corrected chi connectivity index (χ4v) is 3.63. The van der Waals surface area contributed by atoms with Gasteiger partial charge in [0.25, 0.3) is 0 Å². The quantitative estimate of drug-likeness (QED) is 0.818. The molecule has 1 saturated heterocycles. The van der Waals surface area contributed by atoms with Gasteiger partial charge in [-0.2, -0.15) is 0 Å². The zero-order valence-corrected chi connectivity index (χ0v) is 13.0. The first-order valence-corrected chi connectivity index (χ1v) is 8.26. The molecule has 5 nitrogen and oxygen atoms in total. The second-order valence-electron chi connectivity index (χ2n) is 6.51. The van der Waals surface area contributed by atoms with Crippen LogP contribution in [0.5, 0.6) is 0 Å². The van der Waals surface area contributed by atoms with Gasteiger partial charge in [-0.15, -0.1) is 0 Å². The van der Waals surface area contributed by atoms with Gasteiger partial charge in [-0.1, -0.05) is 12.8 Å². The van der Waals surface area contributed by atoms with E-state index in [0.29, 0.717) is 31.5 Å². The molecule has 1 aliphatic heterocycles. The molecule has 2 atom stereocenters. The van der Waals surface area contributed by atoms with Crippen LogP contribution >= 0.6 is 0 Å². The number of nitrogens with one attached hydrogen (secondary N) is 1. The van der Waals surface area contributed by atoms with E-state index in [4.69, 9.17) is 0 Å². The Morgan fingerprint density at radius 2 is 1.71 bits per heavy atom. The van der Waals surface area contributed by atoms with Crippen molar-refractivity contribution in [2.24, 2.45) is 17.8 Å². The van der Waals surface area contributed by atoms with Crippen LogP contribution in [0.4, 0.5) is 0 Å². The molecule has 1 heterocycles. The van der Waals surface area contributed by atoms with Crippen LogP contribution in [0.25, 0.3) is 0 Å². The van der Waals surface area contributed by atoms with Crippen LogP contribution in [0.1, 0.15) is 45.4 Å². The van der Waals surface area contributed by atoms with Crippen molar-refractivity contribution in [2.75, 3.05) is 26.2 Å².